The SMILES string of the molecule is CC(S)(C(=O)[O-])C1CCCC1.CC(S)(C(=O)[O-])C1CCCC1.CC(S)(C(=O)[O-])C1CCCC1.[Au+3]. The van der Waals surface area contributed by atoms with Gasteiger partial charge in [0.05, 0.1) is 32.1 Å². The van der Waals surface area contributed by atoms with Crippen LogP contribution in [0.3, 0.4) is 0 Å². The van der Waals surface area contributed by atoms with E-state index in [4.69, 9.17) is 0 Å². The van der Waals surface area contributed by atoms with Crippen molar-refractivity contribution in [1.29, 1.82) is 0 Å². The molecule has 200 valence electrons. The van der Waals surface area contributed by atoms with Gasteiger partial charge in [0.1, 0.15) is 0 Å². The molecule has 0 aliphatic heterocycles. The summed E-state index contributed by atoms with van der Waals surface area (Å²) in [5, 5.41) is 31.9. The van der Waals surface area contributed by atoms with Crippen molar-refractivity contribution in [3.63, 3.8) is 0 Å². The predicted octanol–water partition coefficient (Wildman–Crippen LogP) is 1.84. The fourth-order valence-electron chi connectivity index (χ4n) is 4.96. The van der Waals surface area contributed by atoms with Gasteiger partial charge in [-0.2, -0.15) is 37.9 Å². The Morgan fingerprint density at radius 1 is 0.529 bits per heavy atom. The zero-order valence-electron chi connectivity index (χ0n) is 20.3. The molecule has 3 fully saturated rings. The van der Waals surface area contributed by atoms with E-state index in [-0.39, 0.29) is 40.1 Å². The van der Waals surface area contributed by atoms with Gasteiger partial charge in [0.25, 0.3) is 0 Å². The molecule has 10 heteroatoms. The minimum Gasteiger partial charge on any atom is -0.549 e. The molecule has 3 saturated carbocycles. The second-order valence-electron chi connectivity index (χ2n) is 10.2. The van der Waals surface area contributed by atoms with Crippen molar-refractivity contribution in [2.75, 3.05) is 0 Å². The Kier molecular flexibility index (Phi) is 14.9. The average Bonchev–Trinajstić information content (AvgIpc) is 3.52. The topological polar surface area (TPSA) is 120 Å². The summed E-state index contributed by atoms with van der Waals surface area (Å²) >= 11 is 12.3. The largest absolute Gasteiger partial charge is 3.00 e. The number of aliphatic carboxylic acids is 3. The van der Waals surface area contributed by atoms with Crippen LogP contribution in [0, 0.1) is 17.8 Å². The number of rotatable bonds is 6. The van der Waals surface area contributed by atoms with Crippen molar-refractivity contribution in [3.8, 4) is 0 Å². The van der Waals surface area contributed by atoms with E-state index < -0.39 is 32.1 Å². The first-order valence-electron chi connectivity index (χ1n) is 12.0. The summed E-state index contributed by atoms with van der Waals surface area (Å²) in [4.78, 5) is 31.9. The minimum atomic E-state index is -1.03. The van der Waals surface area contributed by atoms with Crippen LogP contribution in [0.25, 0.3) is 0 Å². The Labute approximate surface area is 236 Å². The molecule has 0 aromatic heterocycles. The Morgan fingerprint density at radius 2 is 0.676 bits per heavy atom. The molecular weight excluding hydrogens is 677 g/mol. The van der Waals surface area contributed by atoms with Gasteiger partial charge in [0.15, 0.2) is 0 Å². The van der Waals surface area contributed by atoms with Crippen LogP contribution in [0.2, 0.25) is 0 Å². The maximum absolute atomic E-state index is 10.6. The van der Waals surface area contributed by atoms with E-state index in [1.807, 2.05) is 0 Å². The Bertz CT molecular complexity index is 575. The summed E-state index contributed by atoms with van der Waals surface area (Å²) in [5.41, 5.74) is 0. The summed E-state index contributed by atoms with van der Waals surface area (Å²) < 4.78 is -2.76. The molecule has 0 heterocycles. The van der Waals surface area contributed by atoms with Gasteiger partial charge in [-0.15, -0.1) is 0 Å². The summed E-state index contributed by atoms with van der Waals surface area (Å²) in [7, 11) is 0. The van der Waals surface area contributed by atoms with Crippen LogP contribution in [-0.4, -0.2) is 32.1 Å². The van der Waals surface area contributed by atoms with Gasteiger partial charge < -0.3 is 29.7 Å². The number of hydrogen-bond acceptors (Lipinski definition) is 9. The van der Waals surface area contributed by atoms with Crippen LogP contribution in [-0.2, 0) is 36.8 Å². The first-order valence-corrected chi connectivity index (χ1v) is 13.3. The van der Waals surface area contributed by atoms with Crippen LogP contribution in [0.15, 0.2) is 0 Å². The van der Waals surface area contributed by atoms with Gasteiger partial charge in [-0.1, -0.05) is 38.5 Å². The van der Waals surface area contributed by atoms with Crippen LogP contribution in [0.4, 0.5) is 0 Å². The van der Waals surface area contributed by atoms with Crippen molar-refractivity contribution >= 4 is 55.8 Å². The predicted molar refractivity (Wildman–Crippen MR) is 133 cm³/mol. The fourth-order valence-corrected chi connectivity index (χ4v) is 5.74. The van der Waals surface area contributed by atoms with E-state index in [0.29, 0.717) is 0 Å². The molecule has 6 nitrogen and oxygen atoms in total. The molecule has 3 atom stereocenters. The summed E-state index contributed by atoms with van der Waals surface area (Å²) in [6.07, 6.45) is 12.7. The number of carboxylic acid groups (broad SMARTS) is 3. The first kappa shape index (κ1) is 34.2. The van der Waals surface area contributed by atoms with Crippen LogP contribution in [0.5, 0.6) is 0 Å². The number of thiol groups is 3. The standard InChI is InChI=1S/3C8H14O2S.Au/c3*1-8(11,7(9)10)6-4-2-3-5-6;/h3*6,11H,2-5H2,1H3,(H,9,10);/q;;;+3/p-3. The van der Waals surface area contributed by atoms with E-state index in [0.717, 1.165) is 77.0 Å². The van der Waals surface area contributed by atoms with Crippen molar-refractivity contribution in [3.05, 3.63) is 0 Å². The fraction of sp³-hybridized carbons (Fsp3) is 0.875. The Hall–Kier alpha value is 0.200. The van der Waals surface area contributed by atoms with Crippen LogP contribution < -0.4 is 15.3 Å². The van der Waals surface area contributed by atoms with E-state index in [1.54, 1.807) is 20.8 Å². The maximum Gasteiger partial charge on any atom is 3.00 e. The van der Waals surface area contributed by atoms with Gasteiger partial charge in [0.2, 0.25) is 0 Å². The Balaban J connectivity index is 0.000000473. The summed E-state index contributed by atoms with van der Waals surface area (Å²) in [6.45, 7) is 4.92. The monoisotopic (exact) mass is 716 g/mol. The molecule has 0 saturated heterocycles. The van der Waals surface area contributed by atoms with Gasteiger partial charge in [0, 0.05) is 0 Å². The molecule has 0 aromatic carbocycles. The molecule has 3 aliphatic carbocycles. The zero-order valence-corrected chi connectivity index (χ0v) is 25.2. The van der Waals surface area contributed by atoms with E-state index >= 15 is 0 Å². The Morgan fingerprint density at radius 3 is 0.794 bits per heavy atom. The second-order valence-corrected chi connectivity index (χ2v) is 13.0. The number of carbonyl (C=O) groups is 3. The first-order chi connectivity index (χ1) is 15.1. The van der Waals surface area contributed by atoms with Crippen LogP contribution >= 0.6 is 37.9 Å². The molecule has 34 heavy (non-hydrogen) atoms. The third kappa shape index (κ3) is 9.58. The van der Waals surface area contributed by atoms with Gasteiger partial charge in [-0.05, 0) is 77.0 Å². The second kappa shape index (κ2) is 14.8. The average molecular weight is 717 g/mol. The van der Waals surface area contributed by atoms with Gasteiger partial charge in [-0.25, -0.2) is 0 Å². The van der Waals surface area contributed by atoms with E-state index in [9.17, 15) is 29.7 Å². The van der Waals surface area contributed by atoms with Gasteiger partial charge in [-0.3, -0.25) is 0 Å². The molecule has 0 aromatic rings. The third-order valence-electron chi connectivity index (χ3n) is 7.69. The maximum atomic E-state index is 10.6. The van der Waals surface area contributed by atoms with Crippen molar-refractivity contribution in [2.45, 2.75) is 112 Å². The molecule has 0 amide bonds. The summed E-state index contributed by atoms with van der Waals surface area (Å²) in [6, 6.07) is 0. The molecular formula is C24H39AuO6S3. The van der Waals surface area contributed by atoms with Crippen LogP contribution in [0.1, 0.15) is 97.8 Å². The van der Waals surface area contributed by atoms with E-state index in [2.05, 4.69) is 37.9 Å². The summed E-state index contributed by atoms with van der Waals surface area (Å²) in [5.74, 6) is -2.49. The molecule has 0 N–H and O–H groups in total. The molecule has 3 aliphatic rings. The minimum absolute atomic E-state index is 0. The molecule has 0 radical (unpaired) electrons. The van der Waals surface area contributed by atoms with E-state index in [1.165, 1.54) is 0 Å². The normalized spacial score (nSPS) is 24.2. The number of carbonyl (C=O) groups excluding carboxylic acids is 3. The zero-order chi connectivity index (χ0) is 25.4. The van der Waals surface area contributed by atoms with Crippen molar-refractivity contribution in [1.82, 2.24) is 0 Å². The molecule has 3 unspecified atom stereocenters. The molecule has 0 spiro atoms. The quantitative estimate of drug-likeness (QED) is 0.285. The smallest absolute Gasteiger partial charge is 0.549 e. The molecule has 3 rings (SSSR count). The van der Waals surface area contributed by atoms with Gasteiger partial charge >= 0.3 is 22.4 Å². The third-order valence-corrected chi connectivity index (χ3v) is 9.33. The van der Waals surface area contributed by atoms with Crippen molar-refractivity contribution < 1.29 is 52.1 Å². The molecule has 0 bridgehead atoms. The number of hydrogen-bond donors (Lipinski definition) is 3. The van der Waals surface area contributed by atoms with Crippen molar-refractivity contribution in [2.24, 2.45) is 17.8 Å². The number of carboxylic acids is 3.